The number of nitrogens with two attached hydrogens (primary N) is 1. The number of benzene rings is 2. The van der Waals surface area contributed by atoms with E-state index in [2.05, 4.69) is 15.4 Å². The van der Waals surface area contributed by atoms with Crippen LogP contribution in [0.2, 0.25) is 0 Å². The Labute approximate surface area is 176 Å². The SMILES string of the molecule is COc1cc(C(=O)NCC(=O)Nc2ccc(OCCC(N)=O)cc2)ccc1OC(F)F. The van der Waals surface area contributed by atoms with Crippen LogP contribution in [-0.2, 0) is 9.59 Å². The molecule has 0 fully saturated rings. The van der Waals surface area contributed by atoms with Crippen LogP contribution in [0.25, 0.3) is 0 Å². The van der Waals surface area contributed by atoms with E-state index in [4.69, 9.17) is 15.2 Å². The van der Waals surface area contributed by atoms with E-state index < -0.39 is 24.3 Å². The summed E-state index contributed by atoms with van der Waals surface area (Å²) in [6.07, 6.45) is 0.0893. The van der Waals surface area contributed by atoms with Gasteiger partial charge < -0.3 is 30.6 Å². The van der Waals surface area contributed by atoms with Crippen molar-refractivity contribution in [2.24, 2.45) is 5.73 Å². The van der Waals surface area contributed by atoms with Gasteiger partial charge >= 0.3 is 6.61 Å². The van der Waals surface area contributed by atoms with Crippen LogP contribution >= 0.6 is 0 Å². The van der Waals surface area contributed by atoms with Crippen molar-refractivity contribution >= 4 is 23.4 Å². The average Bonchev–Trinajstić information content (AvgIpc) is 2.73. The second-order valence-electron chi connectivity index (χ2n) is 6.06. The number of ether oxygens (including phenoxy) is 3. The highest BCUT2D eigenvalue weighted by atomic mass is 19.3. The van der Waals surface area contributed by atoms with Crippen LogP contribution in [0.4, 0.5) is 14.5 Å². The number of rotatable bonds is 11. The van der Waals surface area contributed by atoms with Crippen molar-refractivity contribution in [3.63, 3.8) is 0 Å². The summed E-state index contributed by atoms with van der Waals surface area (Å²) in [4.78, 5) is 34.9. The molecule has 0 saturated carbocycles. The Morgan fingerprint density at radius 1 is 1.06 bits per heavy atom. The van der Waals surface area contributed by atoms with Crippen molar-refractivity contribution in [2.45, 2.75) is 13.0 Å². The summed E-state index contributed by atoms with van der Waals surface area (Å²) in [5.41, 5.74) is 5.60. The zero-order valence-electron chi connectivity index (χ0n) is 16.5. The van der Waals surface area contributed by atoms with Crippen LogP contribution in [0.5, 0.6) is 17.2 Å². The third-order valence-electron chi connectivity index (χ3n) is 3.81. The van der Waals surface area contributed by atoms with Gasteiger partial charge in [0.25, 0.3) is 5.91 Å². The maximum atomic E-state index is 12.4. The quantitative estimate of drug-likeness (QED) is 0.493. The normalized spacial score (nSPS) is 10.3. The number of anilines is 1. The lowest BCUT2D eigenvalue weighted by Gasteiger charge is -2.12. The number of carbonyl (C=O) groups is 3. The molecule has 4 N–H and O–H groups in total. The second kappa shape index (κ2) is 11.3. The minimum atomic E-state index is -3.03. The van der Waals surface area contributed by atoms with Crippen LogP contribution in [0, 0.1) is 0 Å². The Kier molecular flexibility index (Phi) is 8.55. The van der Waals surface area contributed by atoms with Gasteiger partial charge in [-0.15, -0.1) is 0 Å². The minimum absolute atomic E-state index is 0.0458. The molecule has 0 aliphatic carbocycles. The van der Waals surface area contributed by atoms with Crippen molar-refractivity contribution in [1.29, 1.82) is 0 Å². The molecule has 166 valence electrons. The van der Waals surface area contributed by atoms with Crippen molar-refractivity contribution in [3.8, 4) is 17.2 Å². The molecular weight excluding hydrogens is 416 g/mol. The van der Waals surface area contributed by atoms with Crippen molar-refractivity contribution in [2.75, 3.05) is 25.6 Å². The molecule has 31 heavy (non-hydrogen) atoms. The molecule has 2 aromatic rings. The Morgan fingerprint density at radius 3 is 2.39 bits per heavy atom. The van der Waals surface area contributed by atoms with E-state index in [0.29, 0.717) is 11.4 Å². The molecule has 9 nitrogen and oxygen atoms in total. The predicted molar refractivity (Wildman–Crippen MR) is 106 cm³/mol. The first-order chi connectivity index (χ1) is 14.8. The van der Waals surface area contributed by atoms with Gasteiger partial charge in [0, 0.05) is 11.3 Å². The number of amides is 3. The van der Waals surface area contributed by atoms with Crippen LogP contribution in [-0.4, -0.2) is 44.6 Å². The first-order valence-corrected chi connectivity index (χ1v) is 9.00. The molecular formula is C20H21F2N3O6. The fourth-order valence-electron chi connectivity index (χ4n) is 2.37. The van der Waals surface area contributed by atoms with Crippen molar-refractivity contribution < 1.29 is 37.4 Å². The number of hydrogen-bond acceptors (Lipinski definition) is 6. The lowest BCUT2D eigenvalue weighted by molar-refractivity contribution is -0.118. The third-order valence-corrected chi connectivity index (χ3v) is 3.81. The van der Waals surface area contributed by atoms with Gasteiger partial charge in [-0.1, -0.05) is 0 Å². The molecule has 0 atom stereocenters. The molecule has 2 aromatic carbocycles. The molecule has 11 heteroatoms. The number of alkyl halides is 2. The van der Waals surface area contributed by atoms with Crippen LogP contribution in [0.15, 0.2) is 42.5 Å². The van der Waals surface area contributed by atoms with E-state index in [1.807, 2.05) is 0 Å². The van der Waals surface area contributed by atoms with Crippen LogP contribution < -0.4 is 30.6 Å². The van der Waals surface area contributed by atoms with Crippen molar-refractivity contribution in [1.82, 2.24) is 5.32 Å². The monoisotopic (exact) mass is 437 g/mol. The lowest BCUT2D eigenvalue weighted by atomic mass is 10.2. The zero-order valence-corrected chi connectivity index (χ0v) is 16.5. The Hall–Kier alpha value is -3.89. The summed E-state index contributed by atoms with van der Waals surface area (Å²) in [5.74, 6) is -1.32. The highest BCUT2D eigenvalue weighted by Gasteiger charge is 2.15. The molecule has 0 unspecified atom stereocenters. The molecule has 2 rings (SSSR count). The highest BCUT2D eigenvalue weighted by molar-refractivity contribution is 5.99. The van der Waals surface area contributed by atoms with Gasteiger partial charge in [0.05, 0.1) is 26.7 Å². The topological polar surface area (TPSA) is 129 Å². The molecule has 0 radical (unpaired) electrons. The van der Waals surface area contributed by atoms with E-state index in [9.17, 15) is 23.2 Å². The van der Waals surface area contributed by atoms with Gasteiger partial charge in [0.15, 0.2) is 11.5 Å². The third kappa shape index (κ3) is 7.80. The summed E-state index contributed by atoms with van der Waals surface area (Å²) < 4.78 is 39.3. The number of methoxy groups -OCH3 is 1. The molecule has 0 saturated heterocycles. The molecule has 3 amide bonds. The maximum absolute atomic E-state index is 12.4. The second-order valence-corrected chi connectivity index (χ2v) is 6.06. The zero-order chi connectivity index (χ0) is 22.8. The Bertz CT molecular complexity index is 922. The van der Waals surface area contributed by atoms with E-state index in [1.54, 1.807) is 24.3 Å². The van der Waals surface area contributed by atoms with E-state index in [-0.39, 0.29) is 36.6 Å². The van der Waals surface area contributed by atoms with E-state index in [1.165, 1.54) is 25.3 Å². The summed E-state index contributed by atoms with van der Waals surface area (Å²) in [6.45, 7) is -3.21. The molecule has 0 aliphatic heterocycles. The summed E-state index contributed by atoms with van der Waals surface area (Å²) in [7, 11) is 1.25. The van der Waals surface area contributed by atoms with Crippen molar-refractivity contribution in [3.05, 3.63) is 48.0 Å². The van der Waals surface area contributed by atoms with Crippen LogP contribution in [0.1, 0.15) is 16.8 Å². The number of nitrogens with one attached hydrogen (secondary N) is 2. The van der Waals surface area contributed by atoms with Gasteiger partial charge in [0.1, 0.15) is 5.75 Å². The molecule has 0 spiro atoms. The first kappa shape index (κ1) is 23.4. The first-order valence-electron chi connectivity index (χ1n) is 9.00. The Morgan fingerprint density at radius 2 is 1.77 bits per heavy atom. The number of carbonyl (C=O) groups excluding carboxylic acids is 3. The summed E-state index contributed by atoms with van der Waals surface area (Å²) >= 11 is 0. The summed E-state index contributed by atoms with van der Waals surface area (Å²) in [6, 6.07) is 10.0. The van der Waals surface area contributed by atoms with Gasteiger partial charge in [-0.2, -0.15) is 8.78 Å². The van der Waals surface area contributed by atoms with Crippen LogP contribution in [0.3, 0.4) is 0 Å². The smallest absolute Gasteiger partial charge is 0.387 e. The van der Waals surface area contributed by atoms with Gasteiger partial charge in [-0.3, -0.25) is 14.4 Å². The highest BCUT2D eigenvalue weighted by Crippen LogP contribution is 2.29. The lowest BCUT2D eigenvalue weighted by Crippen LogP contribution is -2.32. The fraction of sp³-hybridized carbons (Fsp3) is 0.250. The standard InChI is InChI=1S/C20H21F2N3O6/c1-29-16-10-12(2-7-15(16)31-20(21)22)19(28)24-11-18(27)25-13-3-5-14(6-4-13)30-9-8-17(23)26/h2-7,10,20H,8-9,11H2,1H3,(H2,23,26)(H,24,28)(H,25,27). The van der Waals surface area contributed by atoms with E-state index >= 15 is 0 Å². The predicted octanol–water partition coefficient (Wildman–Crippen LogP) is 1.92. The number of halogens is 2. The molecule has 0 aromatic heterocycles. The van der Waals surface area contributed by atoms with Gasteiger partial charge in [-0.25, -0.2) is 0 Å². The van der Waals surface area contributed by atoms with Gasteiger partial charge in [0.2, 0.25) is 11.8 Å². The Balaban J connectivity index is 1.85. The number of primary amides is 1. The van der Waals surface area contributed by atoms with E-state index in [0.717, 1.165) is 0 Å². The minimum Gasteiger partial charge on any atom is -0.493 e. The maximum Gasteiger partial charge on any atom is 0.387 e. The fourth-order valence-corrected chi connectivity index (χ4v) is 2.37. The average molecular weight is 437 g/mol. The largest absolute Gasteiger partial charge is 0.493 e. The molecule has 0 heterocycles. The number of hydrogen-bond donors (Lipinski definition) is 3. The summed E-state index contributed by atoms with van der Waals surface area (Å²) in [5, 5.41) is 5.01. The van der Waals surface area contributed by atoms with Gasteiger partial charge in [-0.05, 0) is 42.5 Å². The molecule has 0 aliphatic rings. The molecule has 0 bridgehead atoms.